The van der Waals surface area contributed by atoms with Crippen LogP contribution in [0.4, 0.5) is 0 Å². The molecular formula is C14H18N2OS. The van der Waals surface area contributed by atoms with Crippen molar-refractivity contribution >= 4 is 11.3 Å². The fraction of sp³-hybridized carbons (Fsp3) is 0.500. The van der Waals surface area contributed by atoms with Gasteiger partial charge in [-0.25, -0.2) is 4.98 Å². The minimum atomic E-state index is 0.773. The number of furan rings is 1. The van der Waals surface area contributed by atoms with E-state index >= 15 is 0 Å². The maximum Gasteiger partial charge on any atom is 0.162 e. The summed E-state index contributed by atoms with van der Waals surface area (Å²) in [5.74, 6) is 2.62. The Labute approximate surface area is 111 Å². The molecule has 0 spiro atoms. The summed E-state index contributed by atoms with van der Waals surface area (Å²) in [6.45, 7) is 6.38. The third-order valence-electron chi connectivity index (χ3n) is 3.48. The van der Waals surface area contributed by atoms with Crippen LogP contribution in [0.3, 0.4) is 0 Å². The number of aromatic nitrogens is 1. The molecule has 1 saturated heterocycles. The average molecular weight is 262 g/mol. The molecule has 1 unspecified atom stereocenters. The SMILES string of the molecule is Cc1ccc(-c2nc(C)c(CC3CCNC3)s2)o1. The van der Waals surface area contributed by atoms with Gasteiger partial charge in [0.2, 0.25) is 0 Å². The predicted octanol–water partition coefficient (Wildman–Crippen LogP) is 3.17. The monoisotopic (exact) mass is 262 g/mol. The Morgan fingerprint density at radius 1 is 1.44 bits per heavy atom. The lowest BCUT2D eigenvalue weighted by Gasteiger charge is -2.05. The van der Waals surface area contributed by atoms with Crippen LogP contribution < -0.4 is 5.32 Å². The number of rotatable bonds is 3. The first-order chi connectivity index (χ1) is 8.72. The van der Waals surface area contributed by atoms with Crippen molar-refractivity contribution in [2.24, 2.45) is 5.92 Å². The molecule has 1 N–H and O–H groups in total. The van der Waals surface area contributed by atoms with E-state index in [4.69, 9.17) is 4.42 Å². The summed E-state index contributed by atoms with van der Waals surface area (Å²) < 4.78 is 5.64. The van der Waals surface area contributed by atoms with E-state index in [1.165, 1.54) is 11.3 Å². The molecule has 0 aliphatic carbocycles. The Morgan fingerprint density at radius 3 is 3.00 bits per heavy atom. The normalized spacial score (nSPS) is 19.6. The van der Waals surface area contributed by atoms with Crippen molar-refractivity contribution in [3.63, 3.8) is 0 Å². The molecule has 3 nitrogen and oxygen atoms in total. The molecule has 2 aromatic rings. The lowest BCUT2D eigenvalue weighted by Crippen LogP contribution is -2.10. The molecule has 0 aromatic carbocycles. The molecule has 2 aromatic heterocycles. The molecular weight excluding hydrogens is 244 g/mol. The smallest absolute Gasteiger partial charge is 0.162 e. The van der Waals surface area contributed by atoms with Crippen molar-refractivity contribution in [1.82, 2.24) is 10.3 Å². The highest BCUT2D eigenvalue weighted by Gasteiger charge is 2.19. The summed E-state index contributed by atoms with van der Waals surface area (Å²) >= 11 is 1.78. The van der Waals surface area contributed by atoms with E-state index in [0.717, 1.165) is 47.7 Å². The Balaban J connectivity index is 1.81. The van der Waals surface area contributed by atoms with E-state index < -0.39 is 0 Å². The summed E-state index contributed by atoms with van der Waals surface area (Å²) in [6.07, 6.45) is 2.43. The molecule has 96 valence electrons. The number of nitrogens with one attached hydrogen (secondary N) is 1. The molecule has 0 saturated carbocycles. The van der Waals surface area contributed by atoms with Crippen LogP contribution in [0.25, 0.3) is 10.8 Å². The summed E-state index contributed by atoms with van der Waals surface area (Å²) in [5, 5.41) is 4.43. The molecule has 1 aliphatic heterocycles. The topological polar surface area (TPSA) is 38.1 Å². The van der Waals surface area contributed by atoms with Crippen LogP contribution in [0, 0.1) is 19.8 Å². The number of thiazole rings is 1. The second-order valence-electron chi connectivity index (χ2n) is 5.00. The minimum absolute atomic E-state index is 0.773. The number of hydrogen-bond donors (Lipinski definition) is 1. The maximum absolute atomic E-state index is 5.64. The van der Waals surface area contributed by atoms with Crippen molar-refractivity contribution in [3.05, 3.63) is 28.5 Å². The van der Waals surface area contributed by atoms with Crippen molar-refractivity contribution in [3.8, 4) is 10.8 Å². The predicted molar refractivity (Wildman–Crippen MR) is 74.0 cm³/mol. The summed E-state index contributed by atoms with van der Waals surface area (Å²) in [5.41, 5.74) is 1.16. The van der Waals surface area contributed by atoms with Gasteiger partial charge in [-0.05, 0) is 57.8 Å². The lowest BCUT2D eigenvalue weighted by molar-refractivity contribution is 0.548. The van der Waals surface area contributed by atoms with Crippen LogP contribution in [0.15, 0.2) is 16.5 Å². The molecule has 3 rings (SSSR count). The molecule has 4 heteroatoms. The number of hydrogen-bond acceptors (Lipinski definition) is 4. The van der Waals surface area contributed by atoms with Crippen molar-refractivity contribution < 1.29 is 4.42 Å². The zero-order valence-corrected chi connectivity index (χ0v) is 11.6. The van der Waals surface area contributed by atoms with Crippen LogP contribution in [0.1, 0.15) is 22.8 Å². The van der Waals surface area contributed by atoms with Crippen LogP contribution in [-0.4, -0.2) is 18.1 Å². The quantitative estimate of drug-likeness (QED) is 0.923. The van der Waals surface area contributed by atoms with Gasteiger partial charge in [0, 0.05) is 4.88 Å². The number of aryl methyl sites for hydroxylation is 2. The summed E-state index contributed by atoms with van der Waals surface area (Å²) in [6, 6.07) is 4.00. The largest absolute Gasteiger partial charge is 0.459 e. The van der Waals surface area contributed by atoms with Gasteiger partial charge < -0.3 is 9.73 Å². The lowest BCUT2D eigenvalue weighted by atomic mass is 10.0. The third kappa shape index (κ3) is 2.35. The third-order valence-corrected chi connectivity index (χ3v) is 4.67. The molecule has 18 heavy (non-hydrogen) atoms. The summed E-state index contributed by atoms with van der Waals surface area (Å²) in [4.78, 5) is 6.05. The standard InChI is InChI=1S/C14H18N2OS/c1-9-3-4-12(17-9)14-16-10(2)13(18-14)7-11-5-6-15-8-11/h3-4,11,15H,5-8H2,1-2H3. The van der Waals surface area contributed by atoms with Gasteiger partial charge in [-0.15, -0.1) is 11.3 Å². The van der Waals surface area contributed by atoms with Gasteiger partial charge in [0.25, 0.3) is 0 Å². The fourth-order valence-electron chi connectivity index (χ4n) is 2.42. The van der Waals surface area contributed by atoms with Gasteiger partial charge in [-0.2, -0.15) is 0 Å². The van der Waals surface area contributed by atoms with E-state index in [1.807, 2.05) is 19.1 Å². The highest BCUT2D eigenvalue weighted by molar-refractivity contribution is 7.15. The molecule has 1 fully saturated rings. The average Bonchev–Trinajstić information content (AvgIpc) is 3.03. The second-order valence-corrected chi connectivity index (χ2v) is 6.08. The van der Waals surface area contributed by atoms with Crippen molar-refractivity contribution in [2.75, 3.05) is 13.1 Å². The highest BCUT2D eigenvalue weighted by Crippen LogP contribution is 2.31. The number of nitrogens with zero attached hydrogens (tertiary/aromatic N) is 1. The van der Waals surface area contributed by atoms with Gasteiger partial charge in [0.05, 0.1) is 5.69 Å². The Kier molecular flexibility index (Phi) is 3.22. The fourth-order valence-corrected chi connectivity index (χ4v) is 3.56. The van der Waals surface area contributed by atoms with Gasteiger partial charge in [0.15, 0.2) is 10.8 Å². The van der Waals surface area contributed by atoms with E-state index in [2.05, 4.69) is 17.2 Å². The highest BCUT2D eigenvalue weighted by atomic mass is 32.1. The summed E-state index contributed by atoms with van der Waals surface area (Å²) in [7, 11) is 0. The first-order valence-corrected chi connectivity index (χ1v) is 7.28. The van der Waals surface area contributed by atoms with Crippen molar-refractivity contribution in [2.45, 2.75) is 26.7 Å². The van der Waals surface area contributed by atoms with Crippen LogP contribution >= 0.6 is 11.3 Å². The maximum atomic E-state index is 5.64. The van der Waals surface area contributed by atoms with Crippen molar-refractivity contribution in [1.29, 1.82) is 0 Å². The molecule has 1 aliphatic rings. The first kappa shape index (κ1) is 11.9. The zero-order valence-electron chi connectivity index (χ0n) is 10.8. The van der Waals surface area contributed by atoms with Gasteiger partial charge in [0.1, 0.15) is 5.76 Å². The van der Waals surface area contributed by atoms with Gasteiger partial charge >= 0.3 is 0 Å². The van der Waals surface area contributed by atoms with E-state index in [9.17, 15) is 0 Å². The molecule has 0 radical (unpaired) electrons. The molecule has 3 heterocycles. The van der Waals surface area contributed by atoms with E-state index in [0.29, 0.717) is 0 Å². The van der Waals surface area contributed by atoms with Crippen LogP contribution in [-0.2, 0) is 6.42 Å². The molecule has 0 bridgehead atoms. The van der Waals surface area contributed by atoms with E-state index in [-0.39, 0.29) is 0 Å². The van der Waals surface area contributed by atoms with Crippen LogP contribution in [0.2, 0.25) is 0 Å². The zero-order chi connectivity index (χ0) is 12.5. The first-order valence-electron chi connectivity index (χ1n) is 6.46. The van der Waals surface area contributed by atoms with Gasteiger partial charge in [-0.3, -0.25) is 0 Å². The Hall–Kier alpha value is -1.13. The Morgan fingerprint density at radius 2 is 2.33 bits per heavy atom. The molecule has 1 atom stereocenters. The Bertz CT molecular complexity index is 538. The second kappa shape index (κ2) is 4.86. The minimum Gasteiger partial charge on any atom is -0.459 e. The van der Waals surface area contributed by atoms with E-state index in [1.54, 1.807) is 11.3 Å². The molecule has 0 amide bonds. The van der Waals surface area contributed by atoms with Gasteiger partial charge in [-0.1, -0.05) is 0 Å². The van der Waals surface area contributed by atoms with Crippen LogP contribution in [0.5, 0.6) is 0 Å².